The molecule has 0 aromatic rings. The molecule has 0 fully saturated rings. The van der Waals surface area contributed by atoms with Crippen molar-refractivity contribution in [1.82, 2.24) is 0 Å². The Morgan fingerprint density at radius 3 is 1.88 bits per heavy atom. The van der Waals surface area contributed by atoms with Crippen LogP contribution < -0.4 is 0 Å². The molecule has 4 nitrogen and oxygen atoms in total. The van der Waals surface area contributed by atoms with Crippen LogP contribution in [0.5, 0.6) is 0 Å². The van der Waals surface area contributed by atoms with Gasteiger partial charge < -0.3 is 9.47 Å². The Bertz CT molecular complexity index is 774. The van der Waals surface area contributed by atoms with Crippen molar-refractivity contribution in [3.63, 3.8) is 0 Å². The second kappa shape index (κ2) is 14.0. The molecule has 32 heavy (non-hydrogen) atoms. The molecular formula is C22H30O4S6. The Labute approximate surface area is 217 Å². The first kappa shape index (κ1) is 26.9. The standard InChI is InChI=1S/C22H30O4S6/c1-4-5-6-7-8-9-10-11-12-14-13-27-19-20(28-14)32-22(31-19)21-29-15(17(23)25-2)16(30-21)18(24)26-3/h14H,4-13H2,1-3H3. The van der Waals surface area contributed by atoms with E-state index in [1.54, 1.807) is 23.5 Å². The van der Waals surface area contributed by atoms with Crippen LogP contribution in [0, 0.1) is 0 Å². The topological polar surface area (TPSA) is 52.6 Å². The third-order valence-electron chi connectivity index (χ3n) is 5.10. The van der Waals surface area contributed by atoms with Crippen molar-refractivity contribution < 1.29 is 19.1 Å². The highest BCUT2D eigenvalue weighted by Gasteiger charge is 2.37. The van der Waals surface area contributed by atoms with E-state index in [1.807, 2.05) is 23.5 Å². The van der Waals surface area contributed by atoms with Gasteiger partial charge in [0.1, 0.15) is 9.81 Å². The summed E-state index contributed by atoms with van der Waals surface area (Å²) in [6.07, 6.45) is 12.2. The number of thioether (sulfide) groups is 6. The molecule has 0 aromatic carbocycles. The monoisotopic (exact) mass is 550 g/mol. The summed E-state index contributed by atoms with van der Waals surface area (Å²) in [5.74, 6) is 0.187. The molecule has 0 radical (unpaired) electrons. The highest BCUT2D eigenvalue weighted by Crippen LogP contribution is 2.66. The molecule has 10 heteroatoms. The van der Waals surface area contributed by atoms with Gasteiger partial charge in [-0.3, -0.25) is 0 Å². The van der Waals surface area contributed by atoms with Crippen molar-refractivity contribution >= 4 is 82.5 Å². The maximum atomic E-state index is 12.1. The Hall–Kier alpha value is 0.260. The molecule has 1 atom stereocenters. The van der Waals surface area contributed by atoms with E-state index >= 15 is 0 Å². The first-order valence-electron chi connectivity index (χ1n) is 11.0. The van der Waals surface area contributed by atoms with Crippen LogP contribution in [-0.2, 0) is 19.1 Å². The molecule has 0 spiro atoms. The zero-order valence-corrected chi connectivity index (χ0v) is 23.6. The predicted octanol–water partition coefficient (Wildman–Crippen LogP) is 8.14. The number of hydrogen-bond donors (Lipinski definition) is 0. The van der Waals surface area contributed by atoms with Gasteiger partial charge in [-0.1, -0.05) is 105 Å². The lowest BCUT2D eigenvalue weighted by Crippen LogP contribution is -2.09. The van der Waals surface area contributed by atoms with Gasteiger partial charge in [0, 0.05) is 11.0 Å². The molecule has 0 saturated heterocycles. The van der Waals surface area contributed by atoms with Crippen LogP contribution in [-0.4, -0.2) is 37.2 Å². The van der Waals surface area contributed by atoms with Crippen molar-refractivity contribution in [3.8, 4) is 0 Å². The lowest BCUT2D eigenvalue weighted by molar-refractivity contribution is -0.138. The predicted molar refractivity (Wildman–Crippen MR) is 147 cm³/mol. The molecule has 0 amide bonds. The summed E-state index contributed by atoms with van der Waals surface area (Å²) in [4.78, 5) is 24.9. The van der Waals surface area contributed by atoms with Gasteiger partial charge in [0.15, 0.2) is 0 Å². The average molecular weight is 551 g/mol. The normalized spacial score (nSPS) is 20.8. The number of esters is 2. The van der Waals surface area contributed by atoms with E-state index in [2.05, 4.69) is 6.92 Å². The fourth-order valence-corrected chi connectivity index (χ4v) is 12.6. The van der Waals surface area contributed by atoms with E-state index in [9.17, 15) is 9.59 Å². The Kier molecular flexibility index (Phi) is 11.7. The molecule has 3 aliphatic heterocycles. The van der Waals surface area contributed by atoms with Crippen molar-refractivity contribution in [3.05, 3.63) is 26.8 Å². The highest BCUT2D eigenvalue weighted by molar-refractivity contribution is 8.43. The van der Waals surface area contributed by atoms with Crippen LogP contribution in [0.15, 0.2) is 26.8 Å². The van der Waals surface area contributed by atoms with Gasteiger partial charge in [0.2, 0.25) is 0 Å². The molecule has 3 heterocycles. The molecule has 3 aliphatic rings. The number of methoxy groups -OCH3 is 2. The minimum Gasteiger partial charge on any atom is -0.465 e. The average Bonchev–Trinajstić information content (AvgIpc) is 3.44. The van der Waals surface area contributed by atoms with E-state index < -0.39 is 11.9 Å². The lowest BCUT2D eigenvalue weighted by Gasteiger charge is -2.21. The van der Waals surface area contributed by atoms with Gasteiger partial charge in [0.05, 0.1) is 31.2 Å². The molecule has 0 saturated carbocycles. The molecule has 0 aromatic heterocycles. The van der Waals surface area contributed by atoms with E-state index in [-0.39, 0.29) is 0 Å². The molecular weight excluding hydrogens is 521 g/mol. The second-order valence-electron chi connectivity index (χ2n) is 7.51. The Morgan fingerprint density at radius 2 is 1.28 bits per heavy atom. The third-order valence-corrected chi connectivity index (χ3v) is 14.3. The van der Waals surface area contributed by atoms with Gasteiger partial charge in [-0.25, -0.2) is 9.59 Å². The maximum absolute atomic E-state index is 12.1. The smallest absolute Gasteiger partial charge is 0.346 e. The second-order valence-corrected chi connectivity index (χ2v) is 15.0. The lowest BCUT2D eigenvalue weighted by atomic mass is 10.1. The molecule has 0 N–H and O–H groups in total. The SMILES string of the molecule is CCCCCCCCCCC1CSC2=C(SC(=C3SC(C(=O)OC)=C(C(=O)OC)S3)S2)S1. The van der Waals surface area contributed by atoms with Crippen LogP contribution in [0.3, 0.4) is 0 Å². The van der Waals surface area contributed by atoms with Crippen molar-refractivity contribution in [2.75, 3.05) is 20.0 Å². The van der Waals surface area contributed by atoms with Crippen LogP contribution in [0.4, 0.5) is 0 Å². The van der Waals surface area contributed by atoms with Crippen LogP contribution >= 0.6 is 70.6 Å². The number of carbonyl (C=O) groups excluding carboxylic acids is 2. The van der Waals surface area contributed by atoms with E-state index in [4.69, 9.17) is 9.47 Å². The molecule has 0 aliphatic carbocycles. The van der Waals surface area contributed by atoms with Gasteiger partial charge in [-0.15, -0.1) is 23.5 Å². The molecule has 178 valence electrons. The minimum absolute atomic E-state index is 0.325. The largest absolute Gasteiger partial charge is 0.465 e. The van der Waals surface area contributed by atoms with Crippen LogP contribution in [0.1, 0.15) is 64.7 Å². The number of rotatable bonds is 11. The summed E-state index contributed by atoms with van der Waals surface area (Å²) in [5.41, 5.74) is 0. The van der Waals surface area contributed by atoms with Crippen molar-refractivity contribution in [2.24, 2.45) is 0 Å². The zero-order chi connectivity index (χ0) is 22.9. The quantitative estimate of drug-likeness (QED) is 0.186. The third kappa shape index (κ3) is 7.38. The van der Waals surface area contributed by atoms with Gasteiger partial charge in [-0.2, -0.15) is 0 Å². The first-order chi connectivity index (χ1) is 15.6. The fraction of sp³-hybridized carbons (Fsp3) is 0.636. The summed E-state index contributed by atoms with van der Waals surface area (Å²) in [6, 6.07) is 0. The van der Waals surface area contributed by atoms with Crippen molar-refractivity contribution in [1.29, 1.82) is 0 Å². The first-order valence-corrected chi connectivity index (χ1v) is 16.1. The van der Waals surface area contributed by atoms with E-state index in [1.165, 1.54) is 104 Å². The summed E-state index contributed by atoms with van der Waals surface area (Å²) >= 11 is 10.2. The maximum Gasteiger partial charge on any atom is 0.346 e. The van der Waals surface area contributed by atoms with Gasteiger partial charge in [0.25, 0.3) is 0 Å². The van der Waals surface area contributed by atoms with Gasteiger partial charge >= 0.3 is 11.9 Å². The summed E-state index contributed by atoms with van der Waals surface area (Å²) in [7, 11) is 2.67. The Balaban J connectivity index is 1.47. The number of unbranched alkanes of at least 4 members (excludes halogenated alkanes) is 7. The highest BCUT2D eigenvalue weighted by atomic mass is 32.3. The fourth-order valence-electron chi connectivity index (χ4n) is 3.36. The number of hydrogen-bond acceptors (Lipinski definition) is 10. The number of carbonyl (C=O) groups is 2. The van der Waals surface area contributed by atoms with Crippen LogP contribution in [0.25, 0.3) is 0 Å². The number of ether oxygens (including phenoxy) is 2. The van der Waals surface area contributed by atoms with E-state index in [0.717, 1.165) is 14.2 Å². The molecule has 1 unspecified atom stereocenters. The van der Waals surface area contributed by atoms with Crippen LogP contribution in [0.2, 0.25) is 0 Å². The van der Waals surface area contributed by atoms with Gasteiger partial charge in [-0.05, 0) is 6.42 Å². The summed E-state index contributed by atoms with van der Waals surface area (Å²) in [5, 5.41) is 0.676. The molecule has 0 bridgehead atoms. The van der Waals surface area contributed by atoms with E-state index in [0.29, 0.717) is 15.1 Å². The zero-order valence-electron chi connectivity index (χ0n) is 18.7. The molecule has 3 rings (SSSR count). The minimum atomic E-state index is -0.488. The summed E-state index contributed by atoms with van der Waals surface area (Å²) in [6.45, 7) is 2.27. The Morgan fingerprint density at radius 1 is 0.750 bits per heavy atom. The van der Waals surface area contributed by atoms with Crippen molar-refractivity contribution in [2.45, 2.75) is 70.0 Å². The summed E-state index contributed by atoms with van der Waals surface area (Å²) < 4.78 is 14.6.